The van der Waals surface area contributed by atoms with Crippen molar-refractivity contribution in [2.24, 2.45) is 23.7 Å². The van der Waals surface area contributed by atoms with Crippen LogP contribution in [0.4, 0.5) is 0 Å². The number of carbonyl (C=O) groups is 1. The van der Waals surface area contributed by atoms with Crippen LogP contribution in [0.5, 0.6) is 0 Å². The van der Waals surface area contributed by atoms with Gasteiger partial charge in [-0.3, -0.25) is 0 Å². The molecular formula is C18H26O2. The zero-order chi connectivity index (χ0) is 13.9. The molecule has 0 aliphatic heterocycles. The molecule has 0 radical (unpaired) electrons. The number of ether oxygens (including phenoxy) is 1. The fourth-order valence-corrected chi connectivity index (χ4v) is 4.82. The van der Waals surface area contributed by atoms with Crippen molar-refractivity contribution in [3.05, 3.63) is 0 Å². The van der Waals surface area contributed by atoms with Crippen LogP contribution < -0.4 is 0 Å². The van der Waals surface area contributed by atoms with Crippen LogP contribution in [0.2, 0.25) is 0 Å². The Morgan fingerprint density at radius 3 is 2.30 bits per heavy atom. The lowest BCUT2D eigenvalue weighted by atomic mass is 9.55. The quantitative estimate of drug-likeness (QED) is 0.336. The molecule has 4 rings (SSSR count). The maximum Gasteiger partial charge on any atom is 0.384 e. The van der Waals surface area contributed by atoms with E-state index in [2.05, 4.69) is 18.8 Å². The minimum Gasteiger partial charge on any atom is -0.452 e. The first kappa shape index (κ1) is 14.0. The van der Waals surface area contributed by atoms with Gasteiger partial charge >= 0.3 is 5.97 Å². The van der Waals surface area contributed by atoms with Gasteiger partial charge in [-0.2, -0.15) is 0 Å². The van der Waals surface area contributed by atoms with Crippen molar-refractivity contribution in [2.45, 2.75) is 70.8 Å². The summed E-state index contributed by atoms with van der Waals surface area (Å²) in [6, 6.07) is 0. The van der Waals surface area contributed by atoms with Crippen LogP contribution in [0.15, 0.2) is 0 Å². The standard InChI is InChI=1S/C18H26O2/c1-2-3-4-5-6-7-17(19)20-18-15-9-13-8-14(11-15)12-16(18)10-13/h13-16,18H,2-5,8-12H2,1H3. The molecule has 0 aromatic heterocycles. The fourth-order valence-electron chi connectivity index (χ4n) is 4.82. The van der Waals surface area contributed by atoms with Crippen molar-refractivity contribution in [2.75, 3.05) is 0 Å². The van der Waals surface area contributed by atoms with E-state index in [9.17, 15) is 4.79 Å². The highest BCUT2D eigenvalue weighted by atomic mass is 16.5. The van der Waals surface area contributed by atoms with E-state index in [0.29, 0.717) is 11.8 Å². The molecule has 0 N–H and O–H groups in total. The Morgan fingerprint density at radius 1 is 1.05 bits per heavy atom. The van der Waals surface area contributed by atoms with E-state index >= 15 is 0 Å². The van der Waals surface area contributed by atoms with Gasteiger partial charge in [0, 0.05) is 12.3 Å². The van der Waals surface area contributed by atoms with Crippen molar-refractivity contribution in [1.82, 2.24) is 0 Å². The van der Waals surface area contributed by atoms with Crippen molar-refractivity contribution in [3.63, 3.8) is 0 Å². The minimum absolute atomic E-state index is 0.181. The van der Waals surface area contributed by atoms with E-state index in [0.717, 1.165) is 24.7 Å². The van der Waals surface area contributed by atoms with E-state index in [1.807, 2.05) is 0 Å². The molecule has 0 spiro atoms. The Hall–Kier alpha value is -0.970. The Balaban J connectivity index is 1.49. The Labute approximate surface area is 122 Å². The maximum absolute atomic E-state index is 11.9. The molecule has 4 aliphatic carbocycles. The summed E-state index contributed by atoms with van der Waals surface area (Å²) in [6.07, 6.45) is 11.1. The molecular weight excluding hydrogens is 248 g/mol. The average Bonchev–Trinajstić information content (AvgIpc) is 2.42. The smallest absolute Gasteiger partial charge is 0.384 e. The van der Waals surface area contributed by atoms with Gasteiger partial charge in [0.15, 0.2) is 0 Å². The van der Waals surface area contributed by atoms with Crippen molar-refractivity contribution in [1.29, 1.82) is 0 Å². The predicted octanol–water partition coefficient (Wildman–Crippen LogP) is 3.94. The molecule has 0 heterocycles. The van der Waals surface area contributed by atoms with Crippen LogP contribution in [0.3, 0.4) is 0 Å². The largest absolute Gasteiger partial charge is 0.452 e. The van der Waals surface area contributed by atoms with Gasteiger partial charge in [0.25, 0.3) is 0 Å². The number of rotatable bonds is 4. The fraction of sp³-hybridized carbons (Fsp3) is 0.833. The molecule has 2 heteroatoms. The first-order valence-corrected chi connectivity index (χ1v) is 8.45. The monoisotopic (exact) mass is 274 g/mol. The highest BCUT2D eigenvalue weighted by Gasteiger charge is 2.49. The molecule has 4 saturated carbocycles. The maximum atomic E-state index is 11.9. The second kappa shape index (κ2) is 6.20. The minimum atomic E-state index is -0.279. The summed E-state index contributed by atoms with van der Waals surface area (Å²) in [6.45, 7) is 2.17. The van der Waals surface area contributed by atoms with Crippen LogP contribution in [-0.4, -0.2) is 12.1 Å². The van der Waals surface area contributed by atoms with Crippen molar-refractivity contribution >= 4 is 5.97 Å². The molecule has 0 saturated heterocycles. The lowest BCUT2D eigenvalue weighted by Crippen LogP contribution is -2.49. The molecule has 4 fully saturated rings. The van der Waals surface area contributed by atoms with Crippen molar-refractivity contribution < 1.29 is 9.53 Å². The Kier molecular flexibility index (Phi) is 4.34. The highest BCUT2D eigenvalue weighted by molar-refractivity contribution is 5.88. The third kappa shape index (κ3) is 3.03. The van der Waals surface area contributed by atoms with E-state index in [1.54, 1.807) is 0 Å². The van der Waals surface area contributed by atoms with Gasteiger partial charge in [0.05, 0.1) is 0 Å². The number of carbonyl (C=O) groups excluding carboxylic acids is 1. The first-order chi connectivity index (χ1) is 9.76. The third-order valence-electron chi connectivity index (χ3n) is 5.48. The molecule has 0 aromatic carbocycles. The Morgan fingerprint density at radius 2 is 1.70 bits per heavy atom. The van der Waals surface area contributed by atoms with Gasteiger partial charge in [0.1, 0.15) is 6.10 Å². The second-order valence-corrected chi connectivity index (χ2v) is 7.06. The summed E-state index contributed by atoms with van der Waals surface area (Å²) in [5.41, 5.74) is 0. The summed E-state index contributed by atoms with van der Waals surface area (Å²) in [4.78, 5) is 11.9. The SMILES string of the molecule is CCCCCC#CC(=O)OC1C2CC3CC(C2)CC1C3. The number of hydrogen-bond donors (Lipinski definition) is 0. The molecule has 0 aromatic rings. The van der Waals surface area contributed by atoms with Gasteiger partial charge in [-0.25, -0.2) is 4.79 Å². The normalized spacial score (nSPS) is 37.4. The van der Waals surface area contributed by atoms with Crippen LogP contribution in [-0.2, 0) is 9.53 Å². The lowest BCUT2D eigenvalue weighted by Gasteiger charge is -2.53. The van der Waals surface area contributed by atoms with E-state index in [4.69, 9.17) is 4.74 Å². The van der Waals surface area contributed by atoms with Gasteiger partial charge < -0.3 is 4.74 Å². The molecule has 0 unspecified atom stereocenters. The van der Waals surface area contributed by atoms with Gasteiger partial charge in [-0.05, 0) is 62.2 Å². The van der Waals surface area contributed by atoms with E-state index in [-0.39, 0.29) is 12.1 Å². The Bertz CT molecular complexity index is 387. The first-order valence-electron chi connectivity index (χ1n) is 8.45. The number of unbranched alkanes of at least 4 members (excludes halogenated alkanes) is 3. The molecule has 2 nitrogen and oxygen atoms in total. The number of hydrogen-bond acceptors (Lipinski definition) is 2. The van der Waals surface area contributed by atoms with Crippen molar-refractivity contribution in [3.8, 4) is 11.8 Å². The summed E-state index contributed by atoms with van der Waals surface area (Å²) in [7, 11) is 0. The van der Waals surface area contributed by atoms with Gasteiger partial charge in [-0.15, -0.1) is 0 Å². The zero-order valence-electron chi connectivity index (χ0n) is 12.6. The average molecular weight is 274 g/mol. The van der Waals surface area contributed by atoms with Crippen LogP contribution in [0.1, 0.15) is 64.7 Å². The molecule has 20 heavy (non-hydrogen) atoms. The van der Waals surface area contributed by atoms with Gasteiger partial charge in [0.2, 0.25) is 0 Å². The van der Waals surface area contributed by atoms with E-state index < -0.39 is 0 Å². The predicted molar refractivity (Wildman–Crippen MR) is 78.8 cm³/mol. The topological polar surface area (TPSA) is 26.3 Å². The number of esters is 1. The summed E-state index contributed by atoms with van der Waals surface area (Å²) in [5.74, 6) is 8.50. The highest BCUT2D eigenvalue weighted by Crippen LogP contribution is 2.54. The van der Waals surface area contributed by atoms with Crippen LogP contribution >= 0.6 is 0 Å². The summed E-state index contributed by atoms with van der Waals surface area (Å²) in [5, 5.41) is 0. The summed E-state index contributed by atoms with van der Waals surface area (Å²) >= 11 is 0. The molecule has 0 atom stereocenters. The molecule has 110 valence electrons. The molecule has 4 bridgehead atoms. The second-order valence-electron chi connectivity index (χ2n) is 7.06. The van der Waals surface area contributed by atoms with Gasteiger partial charge in [-0.1, -0.05) is 25.7 Å². The van der Waals surface area contributed by atoms with Crippen LogP contribution in [0, 0.1) is 35.5 Å². The molecule has 0 amide bonds. The third-order valence-corrected chi connectivity index (χ3v) is 5.48. The molecule has 4 aliphatic rings. The zero-order valence-corrected chi connectivity index (χ0v) is 12.6. The van der Waals surface area contributed by atoms with E-state index in [1.165, 1.54) is 44.9 Å². The lowest BCUT2D eigenvalue weighted by molar-refractivity contribution is -0.163. The summed E-state index contributed by atoms with van der Waals surface area (Å²) < 4.78 is 5.72. The van der Waals surface area contributed by atoms with Crippen LogP contribution in [0.25, 0.3) is 0 Å².